The normalized spacial score (nSPS) is 11.1. The third kappa shape index (κ3) is 2.62. The van der Waals surface area contributed by atoms with E-state index in [2.05, 4.69) is 34.6 Å². The Morgan fingerprint density at radius 1 is 1.39 bits per heavy atom. The van der Waals surface area contributed by atoms with Crippen LogP contribution in [0.25, 0.3) is 11.3 Å². The van der Waals surface area contributed by atoms with E-state index < -0.39 is 0 Å². The Hall–Kier alpha value is -1.20. The first kappa shape index (κ1) is 13.2. The highest BCUT2D eigenvalue weighted by Crippen LogP contribution is 2.27. The van der Waals surface area contributed by atoms with Crippen molar-refractivity contribution in [1.29, 1.82) is 0 Å². The molecule has 0 aliphatic rings. The molecule has 98 valence electrons. The van der Waals surface area contributed by atoms with Gasteiger partial charge in [-0.25, -0.2) is 4.98 Å². The van der Waals surface area contributed by atoms with E-state index in [0.717, 1.165) is 35.9 Å². The van der Waals surface area contributed by atoms with Crippen molar-refractivity contribution in [3.63, 3.8) is 0 Å². The third-order valence-electron chi connectivity index (χ3n) is 3.02. The molecule has 0 aliphatic heterocycles. The summed E-state index contributed by atoms with van der Waals surface area (Å²) in [5.41, 5.74) is 4.45. The van der Waals surface area contributed by atoms with E-state index in [1.165, 1.54) is 11.3 Å². The van der Waals surface area contributed by atoms with Crippen LogP contribution in [-0.4, -0.2) is 21.3 Å². The molecule has 1 N–H and O–H groups in total. The predicted molar refractivity (Wildman–Crippen MR) is 75.8 cm³/mol. The number of aromatic nitrogens is 3. The number of nitrogens with zero attached hydrogens (tertiary/aromatic N) is 3. The van der Waals surface area contributed by atoms with Crippen molar-refractivity contribution in [1.82, 2.24) is 20.1 Å². The second kappa shape index (κ2) is 5.63. The van der Waals surface area contributed by atoms with Crippen LogP contribution in [0.15, 0.2) is 5.38 Å². The minimum Gasteiger partial charge on any atom is -0.310 e. The highest BCUT2D eigenvalue weighted by atomic mass is 32.1. The summed E-state index contributed by atoms with van der Waals surface area (Å²) in [5, 5.41) is 11.1. The molecule has 0 radical (unpaired) electrons. The van der Waals surface area contributed by atoms with Gasteiger partial charge in [0.05, 0.1) is 11.4 Å². The summed E-state index contributed by atoms with van der Waals surface area (Å²) in [4.78, 5) is 4.69. The highest BCUT2D eigenvalue weighted by Gasteiger charge is 2.14. The molecule has 2 heterocycles. The predicted octanol–water partition coefficient (Wildman–Crippen LogP) is 2.66. The maximum atomic E-state index is 4.69. The van der Waals surface area contributed by atoms with Crippen LogP contribution in [0.3, 0.4) is 0 Å². The molecule has 2 aromatic heterocycles. The van der Waals surface area contributed by atoms with E-state index >= 15 is 0 Å². The molecule has 5 heteroatoms. The lowest BCUT2D eigenvalue weighted by Gasteiger charge is -1.99. The second-order valence-corrected chi connectivity index (χ2v) is 5.42. The van der Waals surface area contributed by atoms with Crippen LogP contribution in [0, 0.1) is 13.8 Å². The van der Waals surface area contributed by atoms with Crippen LogP contribution in [0.1, 0.15) is 29.7 Å². The van der Waals surface area contributed by atoms with Crippen molar-refractivity contribution in [2.75, 3.05) is 6.54 Å². The van der Waals surface area contributed by atoms with Crippen LogP contribution in [-0.2, 0) is 13.6 Å². The Morgan fingerprint density at radius 3 is 2.78 bits per heavy atom. The average Bonchev–Trinajstić information content (AvgIpc) is 2.86. The Balaban J connectivity index is 2.19. The quantitative estimate of drug-likeness (QED) is 0.844. The molecular formula is C13H20N4S. The van der Waals surface area contributed by atoms with Crippen LogP contribution in [0.5, 0.6) is 0 Å². The standard InChI is InChI=1S/C13H20N4S/c1-5-6-14-7-12-15-11(8-18-12)13-9(2)16-17(4)10(13)3/h8,14H,5-7H2,1-4H3. The minimum atomic E-state index is 0.858. The Morgan fingerprint density at radius 2 is 2.17 bits per heavy atom. The molecule has 2 rings (SSSR count). The first-order valence-electron chi connectivity index (χ1n) is 6.29. The van der Waals surface area contributed by atoms with Gasteiger partial charge in [0.2, 0.25) is 0 Å². The minimum absolute atomic E-state index is 0.858. The Kier molecular flexibility index (Phi) is 4.14. The summed E-state index contributed by atoms with van der Waals surface area (Å²) >= 11 is 1.71. The summed E-state index contributed by atoms with van der Waals surface area (Å²) in [7, 11) is 1.97. The van der Waals surface area contributed by atoms with E-state index in [1.54, 1.807) is 11.3 Å². The third-order valence-corrected chi connectivity index (χ3v) is 3.87. The molecule has 0 spiro atoms. The van der Waals surface area contributed by atoms with Crippen molar-refractivity contribution in [2.24, 2.45) is 7.05 Å². The lowest BCUT2D eigenvalue weighted by molar-refractivity contribution is 0.673. The van der Waals surface area contributed by atoms with Crippen molar-refractivity contribution in [3.8, 4) is 11.3 Å². The number of hydrogen-bond donors (Lipinski definition) is 1. The first-order valence-corrected chi connectivity index (χ1v) is 7.17. The molecule has 4 nitrogen and oxygen atoms in total. The Bertz CT molecular complexity index is 527. The monoisotopic (exact) mass is 264 g/mol. The number of rotatable bonds is 5. The molecular weight excluding hydrogens is 244 g/mol. The number of nitrogens with one attached hydrogen (secondary N) is 1. The van der Waals surface area contributed by atoms with Crippen molar-refractivity contribution in [3.05, 3.63) is 21.8 Å². The molecule has 2 aromatic rings. The van der Waals surface area contributed by atoms with E-state index in [0.29, 0.717) is 0 Å². The van der Waals surface area contributed by atoms with E-state index in [4.69, 9.17) is 0 Å². The van der Waals surface area contributed by atoms with Gasteiger partial charge in [-0.1, -0.05) is 6.92 Å². The van der Waals surface area contributed by atoms with Gasteiger partial charge < -0.3 is 5.32 Å². The summed E-state index contributed by atoms with van der Waals surface area (Å²) in [6.07, 6.45) is 1.15. The molecule has 0 bridgehead atoms. The number of aryl methyl sites for hydroxylation is 2. The zero-order valence-electron chi connectivity index (χ0n) is 11.4. The highest BCUT2D eigenvalue weighted by molar-refractivity contribution is 7.09. The largest absolute Gasteiger partial charge is 0.310 e. The Labute approximate surface area is 112 Å². The van der Waals surface area contributed by atoms with Crippen LogP contribution in [0.4, 0.5) is 0 Å². The molecule has 0 aromatic carbocycles. The zero-order chi connectivity index (χ0) is 13.1. The van der Waals surface area contributed by atoms with Gasteiger partial charge in [0.25, 0.3) is 0 Å². The SMILES string of the molecule is CCCNCc1nc(-c2c(C)nn(C)c2C)cs1. The maximum Gasteiger partial charge on any atom is 0.107 e. The number of hydrogen-bond acceptors (Lipinski definition) is 4. The van der Waals surface area contributed by atoms with Crippen molar-refractivity contribution < 1.29 is 0 Å². The van der Waals surface area contributed by atoms with Gasteiger partial charge in [0.1, 0.15) is 5.01 Å². The van der Waals surface area contributed by atoms with E-state index in [9.17, 15) is 0 Å². The fourth-order valence-corrected chi connectivity index (χ4v) is 2.78. The van der Waals surface area contributed by atoms with Crippen LogP contribution < -0.4 is 5.32 Å². The first-order chi connectivity index (χ1) is 8.63. The average molecular weight is 264 g/mol. The molecule has 0 saturated heterocycles. The lowest BCUT2D eigenvalue weighted by Crippen LogP contribution is -2.13. The fourth-order valence-electron chi connectivity index (χ4n) is 2.02. The molecule has 0 atom stereocenters. The van der Waals surface area contributed by atoms with E-state index in [-0.39, 0.29) is 0 Å². The summed E-state index contributed by atoms with van der Waals surface area (Å²) in [6, 6.07) is 0. The van der Waals surface area contributed by atoms with Crippen LogP contribution in [0.2, 0.25) is 0 Å². The van der Waals surface area contributed by atoms with Gasteiger partial charge >= 0.3 is 0 Å². The van der Waals surface area contributed by atoms with Gasteiger partial charge in [-0.05, 0) is 26.8 Å². The zero-order valence-corrected chi connectivity index (χ0v) is 12.3. The fraction of sp³-hybridized carbons (Fsp3) is 0.538. The topological polar surface area (TPSA) is 42.7 Å². The van der Waals surface area contributed by atoms with Gasteiger partial charge in [0.15, 0.2) is 0 Å². The van der Waals surface area contributed by atoms with Gasteiger partial charge in [0, 0.05) is 30.2 Å². The molecule has 0 fully saturated rings. The molecule has 0 unspecified atom stereocenters. The second-order valence-electron chi connectivity index (χ2n) is 4.47. The van der Waals surface area contributed by atoms with Crippen molar-refractivity contribution >= 4 is 11.3 Å². The smallest absolute Gasteiger partial charge is 0.107 e. The summed E-state index contributed by atoms with van der Waals surface area (Å²) in [6.45, 7) is 8.19. The van der Waals surface area contributed by atoms with Crippen LogP contribution >= 0.6 is 11.3 Å². The maximum absolute atomic E-state index is 4.69. The lowest BCUT2D eigenvalue weighted by atomic mass is 10.1. The molecule has 18 heavy (non-hydrogen) atoms. The molecule has 0 amide bonds. The van der Waals surface area contributed by atoms with Gasteiger partial charge in [-0.3, -0.25) is 4.68 Å². The van der Waals surface area contributed by atoms with E-state index in [1.807, 2.05) is 18.7 Å². The number of thiazole rings is 1. The van der Waals surface area contributed by atoms with Crippen molar-refractivity contribution in [2.45, 2.75) is 33.7 Å². The summed E-state index contributed by atoms with van der Waals surface area (Å²) < 4.78 is 1.92. The summed E-state index contributed by atoms with van der Waals surface area (Å²) in [5.74, 6) is 0. The van der Waals surface area contributed by atoms with Gasteiger partial charge in [-0.15, -0.1) is 11.3 Å². The molecule has 0 saturated carbocycles. The molecule has 0 aliphatic carbocycles. The van der Waals surface area contributed by atoms with Gasteiger partial charge in [-0.2, -0.15) is 5.10 Å².